The Morgan fingerprint density at radius 3 is 2.81 bits per heavy atom. The SMILES string of the molecule is COCC(C)NC1=NCC(CC(C)(C)C)S1. The number of rotatable bonds is 4. The molecule has 0 aromatic rings. The molecule has 16 heavy (non-hydrogen) atoms. The van der Waals surface area contributed by atoms with Gasteiger partial charge in [0.2, 0.25) is 0 Å². The Kier molecular flexibility index (Phi) is 5.12. The molecule has 94 valence electrons. The molecule has 2 atom stereocenters. The summed E-state index contributed by atoms with van der Waals surface area (Å²) in [6, 6.07) is 0.338. The van der Waals surface area contributed by atoms with Crippen molar-refractivity contribution in [3.05, 3.63) is 0 Å². The second kappa shape index (κ2) is 5.92. The van der Waals surface area contributed by atoms with E-state index in [-0.39, 0.29) is 0 Å². The molecule has 0 bridgehead atoms. The van der Waals surface area contributed by atoms with E-state index in [0.717, 1.165) is 18.3 Å². The van der Waals surface area contributed by atoms with Gasteiger partial charge in [-0.05, 0) is 18.8 Å². The summed E-state index contributed by atoms with van der Waals surface area (Å²) in [5.74, 6) is 0. The van der Waals surface area contributed by atoms with E-state index in [1.165, 1.54) is 6.42 Å². The molecule has 0 aromatic carbocycles. The predicted octanol–water partition coefficient (Wildman–Crippen LogP) is 2.52. The Balaban J connectivity index is 2.29. The van der Waals surface area contributed by atoms with Gasteiger partial charge in [0.05, 0.1) is 13.2 Å². The van der Waals surface area contributed by atoms with Gasteiger partial charge < -0.3 is 10.1 Å². The molecular formula is C12H24N2OS. The molecule has 0 amide bonds. The number of amidine groups is 1. The van der Waals surface area contributed by atoms with Crippen LogP contribution in [0.2, 0.25) is 0 Å². The van der Waals surface area contributed by atoms with E-state index in [1.54, 1.807) is 7.11 Å². The maximum Gasteiger partial charge on any atom is 0.157 e. The quantitative estimate of drug-likeness (QED) is 0.825. The Labute approximate surface area is 103 Å². The smallest absolute Gasteiger partial charge is 0.157 e. The van der Waals surface area contributed by atoms with Crippen molar-refractivity contribution >= 4 is 16.9 Å². The first kappa shape index (κ1) is 13.8. The molecular weight excluding hydrogens is 220 g/mol. The molecule has 1 aliphatic heterocycles. The minimum atomic E-state index is 0.338. The first-order valence-electron chi connectivity index (χ1n) is 5.87. The van der Waals surface area contributed by atoms with Crippen LogP contribution < -0.4 is 5.32 Å². The monoisotopic (exact) mass is 244 g/mol. The van der Waals surface area contributed by atoms with Crippen molar-refractivity contribution in [1.29, 1.82) is 0 Å². The zero-order valence-electron chi connectivity index (χ0n) is 11.0. The fourth-order valence-electron chi connectivity index (χ4n) is 1.79. The molecule has 1 rings (SSSR count). The maximum atomic E-state index is 5.09. The van der Waals surface area contributed by atoms with Gasteiger partial charge in [-0.25, -0.2) is 0 Å². The predicted molar refractivity (Wildman–Crippen MR) is 72.2 cm³/mol. The third-order valence-electron chi connectivity index (χ3n) is 2.34. The molecule has 0 spiro atoms. The highest BCUT2D eigenvalue weighted by molar-refractivity contribution is 8.14. The summed E-state index contributed by atoms with van der Waals surface area (Å²) in [5, 5.41) is 5.10. The summed E-state index contributed by atoms with van der Waals surface area (Å²) in [5.41, 5.74) is 0.390. The van der Waals surface area contributed by atoms with Crippen LogP contribution in [0.4, 0.5) is 0 Å². The van der Waals surface area contributed by atoms with Crippen molar-refractivity contribution in [2.24, 2.45) is 10.4 Å². The Morgan fingerprint density at radius 1 is 1.56 bits per heavy atom. The minimum Gasteiger partial charge on any atom is -0.383 e. The highest BCUT2D eigenvalue weighted by atomic mass is 32.2. The number of nitrogens with one attached hydrogen (secondary N) is 1. The van der Waals surface area contributed by atoms with E-state index >= 15 is 0 Å². The van der Waals surface area contributed by atoms with Crippen molar-refractivity contribution < 1.29 is 4.74 Å². The Hall–Kier alpha value is -0.220. The molecule has 0 aliphatic carbocycles. The fourth-order valence-corrected chi connectivity index (χ4v) is 3.25. The molecule has 1 heterocycles. The van der Waals surface area contributed by atoms with Crippen LogP contribution in [0.3, 0.4) is 0 Å². The highest BCUT2D eigenvalue weighted by Gasteiger charge is 2.25. The van der Waals surface area contributed by atoms with Gasteiger partial charge in [-0.1, -0.05) is 32.5 Å². The van der Waals surface area contributed by atoms with Crippen molar-refractivity contribution in [3.63, 3.8) is 0 Å². The van der Waals surface area contributed by atoms with Gasteiger partial charge in [0.1, 0.15) is 0 Å². The number of nitrogens with zero attached hydrogens (tertiary/aromatic N) is 1. The van der Waals surface area contributed by atoms with Crippen molar-refractivity contribution in [3.8, 4) is 0 Å². The second-order valence-corrected chi connectivity index (χ2v) is 6.94. The van der Waals surface area contributed by atoms with E-state index in [2.05, 4.69) is 38.0 Å². The minimum absolute atomic E-state index is 0.338. The number of hydrogen-bond acceptors (Lipinski definition) is 4. The number of methoxy groups -OCH3 is 1. The Bertz CT molecular complexity index is 248. The largest absolute Gasteiger partial charge is 0.383 e. The summed E-state index contributed by atoms with van der Waals surface area (Å²) in [4.78, 5) is 4.54. The topological polar surface area (TPSA) is 33.6 Å². The summed E-state index contributed by atoms with van der Waals surface area (Å²) >= 11 is 1.88. The van der Waals surface area contributed by atoms with Crippen LogP contribution in [0.1, 0.15) is 34.1 Å². The average Bonchev–Trinajstić information content (AvgIpc) is 2.49. The lowest BCUT2D eigenvalue weighted by Gasteiger charge is -2.22. The average molecular weight is 244 g/mol. The summed E-state index contributed by atoms with van der Waals surface area (Å²) in [6.07, 6.45) is 1.21. The van der Waals surface area contributed by atoms with E-state index in [4.69, 9.17) is 4.74 Å². The Morgan fingerprint density at radius 2 is 2.25 bits per heavy atom. The van der Waals surface area contributed by atoms with Gasteiger partial charge in [0.25, 0.3) is 0 Å². The lowest BCUT2D eigenvalue weighted by atomic mass is 9.90. The molecule has 0 radical (unpaired) electrons. The van der Waals surface area contributed by atoms with Gasteiger partial charge in [-0.15, -0.1) is 0 Å². The molecule has 0 saturated heterocycles. The third kappa shape index (κ3) is 5.21. The van der Waals surface area contributed by atoms with Gasteiger partial charge in [0, 0.05) is 18.4 Å². The second-order valence-electron chi connectivity index (χ2n) is 5.65. The maximum absolute atomic E-state index is 5.09. The lowest BCUT2D eigenvalue weighted by Crippen LogP contribution is -2.33. The van der Waals surface area contributed by atoms with Crippen molar-refractivity contribution in [2.75, 3.05) is 20.3 Å². The zero-order chi connectivity index (χ0) is 12.2. The van der Waals surface area contributed by atoms with Crippen LogP contribution in [0.5, 0.6) is 0 Å². The van der Waals surface area contributed by atoms with E-state index in [0.29, 0.717) is 16.7 Å². The van der Waals surface area contributed by atoms with Gasteiger partial charge >= 0.3 is 0 Å². The van der Waals surface area contributed by atoms with Crippen LogP contribution in [-0.4, -0.2) is 36.7 Å². The first-order chi connectivity index (χ1) is 7.40. The fraction of sp³-hybridized carbons (Fsp3) is 0.917. The standard InChI is InChI=1S/C12H24N2OS/c1-9(8-15-5)14-11-13-7-10(16-11)6-12(2,3)4/h9-10H,6-8H2,1-5H3,(H,13,14). The zero-order valence-corrected chi connectivity index (χ0v) is 11.9. The molecule has 1 aliphatic rings. The van der Waals surface area contributed by atoms with Crippen LogP contribution >= 0.6 is 11.8 Å². The lowest BCUT2D eigenvalue weighted by molar-refractivity contribution is 0.179. The van der Waals surface area contributed by atoms with Crippen LogP contribution in [0.25, 0.3) is 0 Å². The summed E-state index contributed by atoms with van der Waals surface area (Å²) < 4.78 is 5.09. The van der Waals surface area contributed by atoms with Crippen LogP contribution in [0.15, 0.2) is 4.99 Å². The van der Waals surface area contributed by atoms with Crippen molar-refractivity contribution in [1.82, 2.24) is 5.32 Å². The van der Waals surface area contributed by atoms with Crippen LogP contribution in [0, 0.1) is 5.41 Å². The highest BCUT2D eigenvalue weighted by Crippen LogP contribution is 2.31. The molecule has 1 N–H and O–H groups in total. The van der Waals surface area contributed by atoms with Crippen molar-refractivity contribution in [2.45, 2.75) is 45.4 Å². The van der Waals surface area contributed by atoms with Gasteiger partial charge in [0.15, 0.2) is 5.17 Å². The molecule has 2 unspecified atom stereocenters. The number of ether oxygens (including phenoxy) is 1. The normalized spacial score (nSPS) is 23.1. The molecule has 3 nitrogen and oxygen atoms in total. The number of hydrogen-bond donors (Lipinski definition) is 1. The van der Waals surface area contributed by atoms with E-state index in [1.807, 2.05) is 11.8 Å². The molecule has 0 aromatic heterocycles. The molecule has 0 fully saturated rings. The third-order valence-corrected chi connectivity index (χ3v) is 3.46. The van der Waals surface area contributed by atoms with Gasteiger partial charge in [-0.2, -0.15) is 0 Å². The van der Waals surface area contributed by atoms with Crippen LogP contribution in [-0.2, 0) is 4.74 Å². The number of thioether (sulfide) groups is 1. The summed E-state index contributed by atoms with van der Waals surface area (Å²) in [7, 11) is 1.73. The van der Waals surface area contributed by atoms with Gasteiger partial charge in [-0.3, -0.25) is 4.99 Å². The first-order valence-corrected chi connectivity index (χ1v) is 6.75. The van der Waals surface area contributed by atoms with E-state index < -0.39 is 0 Å². The molecule has 4 heteroatoms. The summed E-state index contributed by atoms with van der Waals surface area (Å²) in [6.45, 7) is 10.6. The molecule has 0 saturated carbocycles. The van der Waals surface area contributed by atoms with E-state index in [9.17, 15) is 0 Å². The number of aliphatic imine (C=N–C) groups is 1.